The Kier molecular flexibility index (Phi) is 16.5. The lowest BCUT2D eigenvalue weighted by Crippen LogP contribution is -2.37. The number of hydrogen-bond donors (Lipinski definition) is 1. The quantitative estimate of drug-likeness (QED) is 0.300. The van der Waals surface area contributed by atoms with Crippen molar-refractivity contribution in [1.29, 1.82) is 0 Å². The molecule has 310 valence electrons. The maximum atomic E-state index is 14.6. The fraction of sp³-hybridized carbons (Fsp3) is 0.525. The molecule has 0 spiro atoms. The van der Waals surface area contributed by atoms with Crippen LogP contribution < -0.4 is 24.3 Å². The Labute approximate surface area is 330 Å². The predicted octanol–water partition coefficient (Wildman–Crippen LogP) is 3.56. The summed E-state index contributed by atoms with van der Waals surface area (Å²) < 4.78 is 69.6. The number of nitrogens with one attached hydrogen (secondary N) is 1. The van der Waals surface area contributed by atoms with Crippen molar-refractivity contribution in [2.75, 3.05) is 137 Å². The highest BCUT2D eigenvalue weighted by Gasteiger charge is 2.51. The van der Waals surface area contributed by atoms with E-state index in [0.717, 1.165) is 0 Å². The Morgan fingerprint density at radius 2 is 0.807 bits per heavy atom. The summed E-state index contributed by atoms with van der Waals surface area (Å²) in [5.74, 6) is 1.07. The van der Waals surface area contributed by atoms with Gasteiger partial charge in [-0.05, 0) is 41.5 Å². The monoisotopic (exact) mass is 798 g/mol. The molecule has 0 radical (unpaired) electrons. The number of rotatable bonds is 3. The standard InChI is InChI=1S/C40H50N2O15/c43-39-40(33-29-32(42(44)45)3-4-34(33)41-39,30-1-5-35-37(27-30)56-25-21-52-17-13-48-9-7-46-11-15-50-19-23-54-35)31-2-6-36-38(28-31)57-26-22-53-18-14-49-10-8-47-12-16-51-20-24-55-36/h1-6,27-29H,7-26H2,(H,41,43). The highest BCUT2D eigenvalue weighted by molar-refractivity contribution is 6.11. The van der Waals surface area contributed by atoms with Crippen LogP contribution in [0.3, 0.4) is 0 Å². The molecule has 0 saturated heterocycles. The topological polar surface area (TPSA) is 183 Å². The first-order valence-corrected chi connectivity index (χ1v) is 19.1. The first-order valence-electron chi connectivity index (χ1n) is 19.1. The van der Waals surface area contributed by atoms with Crippen LogP contribution in [0.25, 0.3) is 0 Å². The summed E-state index contributed by atoms with van der Waals surface area (Å²) in [5.41, 5.74) is -0.0603. The van der Waals surface area contributed by atoms with Crippen molar-refractivity contribution >= 4 is 17.3 Å². The number of nitrogens with zero attached hydrogens (tertiary/aromatic N) is 1. The fourth-order valence-corrected chi connectivity index (χ4v) is 6.46. The number of hydrogen-bond acceptors (Lipinski definition) is 15. The Hall–Kier alpha value is -4.59. The average Bonchev–Trinajstić information content (AvgIpc) is 3.51. The van der Waals surface area contributed by atoms with E-state index in [1.54, 1.807) is 36.4 Å². The zero-order valence-electron chi connectivity index (χ0n) is 31.9. The number of non-ortho nitro benzene ring substituents is 1. The van der Waals surface area contributed by atoms with Gasteiger partial charge in [-0.3, -0.25) is 14.9 Å². The molecular formula is C40H50N2O15. The largest absolute Gasteiger partial charge is 0.487 e. The molecule has 3 aliphatic heterocycles. The van der Waals surface area contributed by atoms with E-state index in [2.05, 4.69) is 5.32 Å². The third-order valence-corrected chi connectivity index (χ3v) is 9.13. The van der Waals surface area contributed by atoms with Crippen LogP contribution in [-0.2, 0) is 48.1 Å². The van der Waals surface area contributed by atoms with Crippen LogP contribution in [0.5, 0.6) is 23.0 Å². The number of nitro groups is 1. The van der Waals surface area contributed by atoms with E-state index in [0.29, 0.717) is 138 Å². The van der Waals surface area contributed by atoms with Crippen molar-refractivity contribution in [2.45, 2.75) is 5.41 Å². The second kappa shape index (κ2) is 22.4. The zero-order chi connectivity index (χ0) is 39.5. The molecule has 0 unspecified atom stereocenters. The van der Waals surface area contributed by atoms with Gasteiger partial charge >= 0.3 is 0 Å². The molecule has 57 heavy (non-hydrogen) atoms. The van der Waals surface area contributed by atoms with Crippen LogP contribution in [0, 0.1) is 10.1 Å². The molecule has 17 nitrogen and oxygen atoms in total. The molecule has 0 saturated carbocycles. The molecule has 3 aromatic rings. The van der Waals surface area contributed by atoms with Crippen LogP contribution in [-0.4, -0.2) is 143 Å². The van der Waals surface area contributed by atoms with E-state index in [4.69, 9.17) is 56.8 Å². The van der Waals surface area contributed by atoms with Crippen molar-refractivity contribution in [2.24, 2.45) is 0 Å². The Morgan fingerprint density at radius 1 is 0.456 bits per heavy atom. The van der Waals surface area contributed by atoms with E-state index in [1.165, 1.54) is 18.2 Å². The molecule has 3 heterocycles. The molecule has 6 rings (SSSR count). The number of benzene rings is 3. The summed E-state index contributed by atoms with van der Waals surface area (Å²) in [6, 6.07) is 14.7. The summed E-state index contributed by atoms with van der Waals surface area (Å²) in [4.78, 5) is 26.2. The van der Waals surface area contributed by atoms with Crippen LogP contribution in [0.1, 0.15) is 16.7 Å². The molecule has 3 aliphatic rings. The smallest absolute Gasteiger partial charge is 0.269 e. The minimum atomic E-state index is -1.61. The van der Waals surface area contributed by atoms with E-state index >= 15 is 0 Å². The molecule has 3 aromatic carbocycles. The van der Waals surface area contributed by atoms with Crippen LogP contribution in [0.4, 0.5) is 11.4 Å². The van der Waals surface area contributed by atoms with E-state index in [9.17, 15) is 14.9 Å². The summed E-state index contributed by atoms with van der Waals surface area (Å²) >= 11 is 0. The lowest BCUT2D eigenvalue weighted by Gasteiger charge is -2.30. The molecule has 0 aliphatic carbocycles. The third kappa shape index (κ3) is 11.5. The second-order valence-electron chi connectivity index (χ2n) is 12.8. The number of carbonyl (C=O) groups is 1. The zero-order valence-corrected chi connectivity index (χ0v) is 31.9. The van der Waals surface area contributed by atoms with E-state index in [-0.39, 0.29) is 45.3 Å². The number of ether oxygens (including phenoxy) is 12. The molecule has 0 bridgehead atoms. The molecule has 1 N–H and O–H groups in total. The maximum absolute atomic E-state index is 14.6. The van der Waals surface area contributed by atoms with E-state index < -0.39 is 16.2 Å². The second-order valence-corrected chi connectivity index (χ2v) is 12.8. The van der Waals surface area contributed by atoms with Crippen molar-refractivity contribution in [3.8, 4) is 23.0 Å². The number of carbonyl (C=O) groups excluding carboxylic acids is 1. The van der Waals surface area contributed by atoms with Gasteiger partial charge in [0.05, 0.1) is 111 Å². The van der Waals surface area contributed by atoms with Crippen molar-refractivity contribution in [3.63, 3.8) is 0 Å². The van der Waals surface area contributed by atoms with Gasteiger partial charge in [0.2, 0.25) is 5.91 Å². The van der Waals surface area contributed by atoms with E-state index in [1.807, 2.05) is 0 Å². The van der Waals surface area contributed by atoms with Gasteiger partial charge in [-0.25, -0.2) is 0 Å². The number of amides is 1. The Balaban J connectivity index is 1.37. The predicted molar refractivity (Wildman–Crippen MR) is 203 cm³/mol. The van der Waals surface area contributed by atoms with Gasteiger partial charge in [-0.1, -0.05) is 12.1 Å². The van der Waals surface area contributed by atoms with Gasteiger partial charge in [0.25, 0.3) is 5.69 Å². The van der Waals surface area contributed by atoms with Crippen molar-refractivity contribution in [3.05, 3.63) is 81.4 Å². The minimum Gasteiger partial charge on any atom is -0.487 e. The Morgan fingerprint density at radius 3 is 1.18 bits per heavy atom. The van der Waals surface area contributed by atoms with Gasteiger partial charge < -0.3 is 62.2 Å². The maximum Gasteiger partial charge on any atom is 0.269 e. The highest BCUT2D eigenvalue weighted by Crippen LogP contribution is 2.51. The molecule has 17 heteroatoms. The van der Waals surface area contributed by atoms with Gasteiger partial charge in [0.15, 0.2) is 23.0 Å². The van der Waals surface area contributed by atoms with Gasteiger partial charge in [0.1, 0.15) is 31.8 Å². The van der Waals surface area contributed by atoms with Crippen LogP contribution >= 0.6 is 0 Å². The van der Waals surface area contributed by atoms with Crippen LogP contribution in [0.15, 0.2) is 54.6 Å². The van der Waals surface area contributed by atoms with Crippen LogP contribution in [0.2, 0.25) is 0 Å². The molecule has 0 atom stereocenters. The third-order valence-electron chi connectivity index (χ3n) is 9.13. The van der Waals surface area contributed by atoms with Crippen molar-refractivity contribution < 1.29 is 66.6 Å². The summed E-state index contributed by atoms with van der Waals surface area (Å²) in [7, 11) is 0. The lowest BCUT2D eigenvalue weighted by atomic mass is 9.70. The number of fused-ring (bicyclic) bond motifs is 3. The number of anilines is 1. The minimum absolute atomic E-state index is 0.162. The summed E-state index contributed by atoms with van der Waals surface area (Å²) in [5, 5.41) is 15.1. The normalized spacial score (nSPS) is 20.0. The first-order chi connectivity index (χ1) is 28.1. The fourth-order valence-electron chi connectivity index (χ4n) is 6.46. The lowest BCUT2D eigenvalue weighted by molar-refractivity contribution is -0.384. The van der Waals surface area contributed by atoms with Gasteiger partial charge in [-0.15, -0.1) is 0 Å². The summed E-state index contributed by atoms with van der Waals surface area (Å²) in [6.07, 6.45) is 0. The van der Waals surface area contributed by atoms with Gasteiger partial charge in [-0.2, -0.15) is 0 Å². The first kappa shape index (κ1) is 42.0. The molecule has 0 aromatic heterocycles. The number of nitro benzene ring substituents is 1. The average molecular weight is 799 g/mol. The molecular weight excluding hydrogens is 748 g/mol. The highest BCUT2D eigenvalue weighted by atomic mass is 16.6. The van der Waals surface area contributed by atoms with Crippen molar-refractivity contribution in [1.82, 2.24) is 0 Å². The SMILES string of the molecule is O=C1Nc2ccc([N+](=O)[O-])cc2C1(c1ccc2c(c1)OCCOCCOCCOCCOCCO2)c1ccc2c(c1)OCCOCCOCCOCCOCCO2. The summed E-state index contributed by atoms with van der Waals surface area (Å²) in [6.45, 7) is 6.79. The Bertz CT molecular complexity index is 1660. The molecule has 1 amide bonds. The van der Waals surface area contributed by atoms with Gasteiger partial charge in [0, 0.05) is 23.4 Å². The molecule has 0 fully saturated rings.